The maximum atomic E-state index is 13.4. The summed E-state index contributed by atoms with van der Waals surface area (Å²) in [4.78, 5) is 14.3. The SMILES string of the molecule is CCN(CC)CCOC(=O)C(C)(CF)c1ccccc1.Cl. The van der Waals surface area contributed by atoms with E-state index < -0.39 is 18.1 Å². The number of hydrogen-bond acceptors (Lipinski definition) is 3. The van der Waals surface area contributed by atoms with Crippen molar-refractivity contribution in [3.63, 3.8) is 0 Å². The van der Waals surface area contributed by atoms with Gasteiger partial charge in [0.15, 0.2) is 0 Å². The molecule has 1 rings (SSSR count). The van der Waals surface area contributed by atoms with Gasteiger partial charge in [-0.2, -0.15) is 0 Å². The zero-order valence-electron chi connectivity index (χ0n) is 13.0. The number of carbonyl (C=O) groups excluding carboxylic acids is 1. The summed E-state index contributed by atoms with van der Waals surface area (Å²) in [7, 11) is 0. The van der Waals surface area contributed by atoms with Gasteiger partial charge in [0.05, 0.1) is 0 Å². The molecule has 0 heterocycles. The van der Waals surface area contributed by atoms with Gasteiger partial charge in [-0.15, -0.1) is 12.4 Å². The summed E-state index contributed by atoms with van der Waals surface area (Å²) >= 11 is 0. The average Bonchev–Trinajstić information content (AvgIpc) is 2.51. The molecule has 0 spiro atoms. The Bertz CT molecular complexity index is 412. The molecule has 0 amide bonds. The molecule has 0 aliphatic rings. The average molecular weight is 318 g/mol. The molecular weight excluding hydrogens is 293 g/mol. The second-order valence-electron chi connectivity index (χ2n) is 4.99. The molecule has 120 valence electrons. The van der Waals surface area contributed by atoms with Crippen molar-refractivity contribution >= 4 is 18.4 Å². The monoisotopic (exact) mass is 317 g/mol. The van der Waals surface area contributed by atoms with Gasteiger partial charge >= 0.3 is 5.97 Å². The van der Waals surface area contributed by atoms with E-state index >= 15 is 0 Å². The molecule has 0 aliphatic heterocycles. The van der Waals surface area contributed by atoms with Gasteiger partial charge in [-0.3, -0.25) is 4.79 Å². The van der Waals surface area contributed by atoms with Crippen LogP contribution in [0.15, 0.2) is 30.3 Å². The summed E-state index contributed by atoms with van der Waals surface area (Å²) in [5.41, 5.74) is -0.569. The maximum Gasteiger partial charge on any atom is 0.319 e. The number of hydrogen-bond donors (Lipinski definition) is 0. The molecule has 0 aliphatic carbocycles. The number of rotatable bonds is 8. The lowest BCUT2D eigenvalue weighted by molar-refractivity contribution is -0.151. The van der Waals surface area contributed by atoms with Gasteiger partial charge in [-0.25, -0.2) is 4.39 Å². The van der Waals surface area contributed by atoms with Crippen LogP contribution < -0.4 is 0 Å². The molecule has 1 aromatic rings. The van der Waals surface area contributed by atoms with Crippen LogP contribution in [0.2, 0.25) is 0 Å². The minimum absolute atomic E-state index is 0. The largest absolute Gasteiger partial charge is 0.464 e. The van der Waals surface area contributed by atoms with Gasteiger partial charge in [0.25, 0.3) is 0 Å². The Morgan fingerprint density at radius 2 is 1.81 bits per heavy atom. The Morgan fingerprint density at radius 3 is 2.29 bits per heavy atom. The van der Waals surface area contributed by atoms with E-state index in [2.05, 4.69) is 18.7 Å². The van der Waals surface area contributed by atoms with Crippen LogP contribution in [-0.4, -0.2) is 43.8 Å². The second kappa shape index (κ2) is 9.74. The molecule has 1 atom stereocenters. The van der Waals surface area contributed by atoms with E-state index in [4.69, 9.17) is 4.74 Å². The fourth-order valence-electron chi connectivity index (χ4n) is 2.02. The molecule has 0 bridgehead atoms. The van der Waals surface area contributed by atoms with E-state index in [1.54, 1.807) is 31.2 Å². The van der Waals surface area contributed by atoms with Crippen LogP contribution in [0.4, 0.5) is 4.39 Å². The van der Waals surface area contributed by atoms with Crippen LogP contribution in [0.3, 0.4) is 0 Å². The molecule has 0 aromatic heterocycles. The molecule has 1 unspecified atom stereocenters. The van der Waals surface area contributed by atoms with Crippen molar-refractivity contribution in [3.8, 4) is 0 Å². The van der Waals surface area contributed by atoms with Gasteiger partial charge in [-0.05, 0) is 25.6 Å². The topological polar surface area (TPSA) is 29.5 Å². The van der Waals surface area contributed by atoms with Gasteiger partial charge in [-0.1, -0.05) is 44.2 Å². The Hall–Kier alpha value is -1.13. The molecule has 0 N–H and O–H groups in total. The summed E-state index contributed by atoms with van der Waals surface area (Å²) in [5, 5.41) is 0. The number of alkyl halides is 1. The minimum atomic E-state index is -1.22. The lowest BCUT2D eigenvalue weighted by Gasteiger charge is -2.25. The van der Waals surface area contributed by atoms with Crippen LogP contribution in [0, 0.1) is 0 Å². The number of ether oxygens (including phenoxy) is 1. The lowest BCUT2D eigenvalue weighted by atomic mass is 9.84. The van der Waals surface area contributed by atoms with E-state index in [1.807, 2.05) is 6.07 Å². The van der Waals surface area contributed by atoms with Crippen LogP contribution in [0.5, 0.6) is 0 Å². The fraction of sp³-hybridized carbons (Fsp3) is 0.562. The summed E-state index contributed by atoms with van der Waals surface area (Å²) in [5.74, 6) is -0.502. The van der Waals surface area contributed by atoms with E-state index in [0.717, 1.165) is 13.1 Å². The summed E-state index contributed by atoms with van der Waals surface area (Å²) in [6.45, 7) is 7.73. The molecule has 21 heavy (non-hydrogen) atoms. The third-order valence-electron chi connectivity index (χ3n) is 3.66. The molecule has 0 saturated heterocycles. The summed E-state index contributed by atoms with van der Waals surface area (Å²) in [6, 6.07) is 8.95. The highest BCUT2D eigenvalue weighted by Gasteiger charge is 2.37. The molecular formula is C16H25ClFNO2. The standard InChI is InChI=1S/C16H24FNO2.ClH/c1-4-18(5-2)11-12-20-15(19)16(3,13-17)14-9-7-6-8-10-14;/h6-10H,4-5,11-13H2,1-3H3;1H. The third-order valence-corrected chi connectivity index (χ3v) is 3.66. The minimum Gasteiger partial charge on any atom is -0.464 e. The first-order valence-electron chi connectivity index (χ1n) is 7.09. The Kier molecular flexibility index (Phi) is 9.22. The van der Waals surface area contributed by atoms with Crippen molar-refractivity contribution in [1.82, 2.24) is 4.90 Å². The number of esters is 1. The third kappa shape index (κ3) is 5.29. The first-order valence-corrected chi connectivity index (χ1v) is 7.09. The first kappa shape index (κ1) is 19.9. The number of carbonyl (C=O) groups is 1. The quantitative estimate of drug-likeness (QED) is 0.689. The van der Waals surface area contributed by atoms with Gasteiger partial charge in [0.1, 0.15) is 18.7 Å². The number of benzene rings is 1. The number of nitrogens with zero attached hydrogens (tertiary/aromatic N) is 1. The second-order valence-corrected chi connectivity index (χ2v) is 4.99. The number of likely N-dealkylation sites (N-methyl/N-ethyl adjacent to an activating group) is 1. The zero-order chi connectivity index (χ0) is 15.0. The molecule has 5 heteroatoms. The Balaban J connectivity index is 0.00000400. The van der Waals surface area contributed by atoms with Crippen molar-refractivity contribution in [2.45, 2.75) is 26.2 Å². The lowest BCUT2D eigenvalue weighted by Crippen LogP contribution is -2.38. The zero-order valence-corrected chi connectivity index (χ0v) is 13.8. The smallest absolute Gasteiger partial charge is 0.319 e. The van der Waals surface area contributed by atoms with E-state index in [1.165, 1.54) is 0 Å². The Labute approximate surface area is 132 Å². The van der Waals surface area contributed by atoms with E-state index in [-0.39, 0.29) is 12.4 Å². The first-order chi connectivity index (χ1) is 9.58. The van der Waals surface area contributed by atoms with Crippen LogP contribution >= 0.6 is 12.4 Å². The maximum absolute atomic E-state index is 13.4. The van der Waals surface area contributed by atoms with Crippen LogP contribution in [0.25, 0.3) is 0 Å². The van der Waals surface area contributed by atoms with Crippen molar-refractivity contribution in [2.75, 3.05) is 32.9 Å². The van der Waals surface area contributed by atoms with E-state index in [9.17, 15) is 9.18 Å². The predicted octanol–water partition coefficient (Wildman–Crippen LogP) is 3.22. The van der Waals surface area contributed by atoms with Crippen molar-refractivity contribution in [1.29, 1.82) is 0 Å². The van der Waals surface area contributed by atoms with Crippen molar-refractivity contribution in [2.24, 2.45) is 0 Å². The highest BCUT2D eigenvalue weighted by molar-refractivity contribution is 5.85. The van der Waals surface area contributed by atoms with Gasteiger partial charge in [0, 0.05) is 6.54 Å². The van der Waals surface area contributed by atoms with Gasteiger partial charge < -0.3 is 9.64 Å². The van der Waals surface area contributed by atoms with Crippen LogP contribution in [-0.2, 0) is 14.9 Å². The summed E-state index contributed by atoms with van der Waals surface area (Å²) < 4.78 is 18.7. The van der Waals surface area contributed by atoms with Crippen molar-refractivity contribution < 1.29 is 13.9 Å². The van der Waals surface area contributed by atoms with Crippen molar-refractivity contribution in [3.05, 3.63) is 35.9 Å². The summed E-state index contributed by atoms with van der Waals surface area (Å²) in [6.07, 6.45) is 0. The Morgan fingerprint density at radius 1 is 1.24 bits per heavy atom. The number of halogens is 2. The molecule has 0 saturated carbocycles. The molecule has 0 fully saturated rings. The predicted molar refractivity (Wildman–Crippen MR) is 85.8 cm³/mol. The van der Waals surface area contributed by atoms with Gasteiger partial charge in [0.2, 0.25) is 0 Å². The van der Waals surface area contributed by atoms with Crippen LogP contribution in [0.1, 0.15) is 26.3 Å². The highest BCUT2D eigenvalue weighted by Crippen LogP contribution is 2.25. The van der Waals surface area contributed by atoms with E-state index in [0.29, 0.717) is 18.7 Å². The molecule has 0 radical (unpaired) electrons. The highest BCUT2D eigenvalue weighted by atomic mass is 35.5. The molecule has 3 nitrogen and oxygen atoms in total. The molecule has 1 aromatic carbocycles. The fourth-order valence-corrected chi connectivity index (χ4v) is 2.02. The normalized spacial score (nSPS) is 13.4.